The summed E-state index contributed by atoms with van der Waals surface area (Å²) < 4.78 is 0. The predicted octanol–water partition coefficient (Wildman–Crippen LogP) is 1.14. The van der Waals surface area contributed by atoms with Crippen LogP contribution in [0.1, 0.15) is 21.2 Å². The molecule has 0 fully saturated rings. The number of hydrogen-bond acceptors (Lipinski definition) is 7. The van der Waals surface area contributed by atoms with Crippen LogP contribution in [0.25, 0.3) is 0 Å². The van der Waals surface area contributed by atoms with E-state index >= 15 is 0 Å². The zero-order valence-corrected chi connectivity index (χ0v) is 11.2. The summed E-state index contributed by atoms with van der Waals surface area (Å²) in [6.45, 7) is 1.91. The summed E-state index contributed by atoms with van der Waals surface area (Å²) in [6.07, 6.45) is 1.72. The van der Waals surface area contributed by atoms with Crippen molar-refractivity contribution in [3.05, 3.63) is 34.0 Å². The van der Waals surface area contributed by atoms with Gasteiger partial charge in [0.05, 0.1) is 5.69 Å². The predicted molar refractivity (Wildman–Crippen MR) is 70.1 cm³/mol. The molecule has 0 aliphatic rings. The molecule has 0 bridgehead atoms. The largest absolute Gasteiger partial charge is 0.294 e. The van der Waals surface area contributed by atoms with E-state index in [-0.39, 0.29) is 5.91 Å². The van der Waals surface area contributed by atoms with Gasteiger partial charge in [0, 0.05) is 23.0 Å². The van der Waals surface area contributed by atoms with Crippen LogP contribution in [0.2, 0.25) is 0 Å². The number of amides is 1. The monoisotopic (exact) mass is 281 g/mol. The topological polar surface area (TPSA) is 93.8 Å². The summed E-state index contributed by atoms with van der Waals surface area (Å²) >= 11 is 2.74. The van der Waals surface area contributed by atoms with E-state index in [1.165, 1.54) is 23.1 Å². The maximum absolute atomic E-state index is 11.2. The van der Waals surface area contributed by atoms with Crippen molar-refractivity contribution < 1.29 is 4.79 Å². The standard InChI is InChI=1S/C10H11N5OS2/c1-6-2-3-12-10(13-6)18-5-7-4-17-9(14-7)8(16)15-11/h2-4H,5,11H2,1H3,(H,15,16). The lowest BCUT2D eigenvalue weighted by molar-refractivity contribution is 0.0953. The zero-order chi connectivity index (χ0) is 13.0. The van der Waals surface area contributed by atoms with Crippen LogP contribution in [0.15, 0.2) is 22.8 Å². The van der Waals surface area contributed by atoms with E-state index in [0.29, 0.717) is 15.9 Å². The van der Waals surface area contributed by atoms with Crippen LogP contribution in [0.3, 0.4) is 0 Å². The van der Waals surface area contributed by atoms with Gasteiger partial charge in [-0.05, 0) is 13.0 Å². The van der Waals surface area contributed by atoms with Crippen LogP contribution < -0.4 is 11.3 Å². The van der Waals surface area contributed by atoms with E-state index in [9.17, 15) is 4.79 Å². The number of hydrogen-bond donors (Lipinski definition) is 2. The van der Waals surface area contributed by atoms with Gasteiger partial charge in [-0.15, -0.1) is 11.3 Å². The number of aromatic nitrogens is 3. The van der Waals surface area contributed by atoms with E-state index in [1.54, 1.807) is 6.20 Å². The minimum absolute atomic E-state index is 0.360. The number of carbonyl (C=O) groups is 1. The molecule has 94 valence electrons. The second-order valence-corrected chi connectivity index (χ2v) is 5.19. The number of nitrogens with zero attached hydrogens (tertiary/aromatic N) is 3. The number of nitrogens with two attached hydrogens (primary N) is 1. The van der Waals surface area contributed by atoms with Crippen molar-refractivity contribution in [1.82, 2.24) is 20.4 Å². The van der Waals surface area contributed by atoms with Gasteiger partial charge in [-0.1, -0.05) is 11.8 Å². The quantitative estimate of drug-likeness (QED) is 0.287. The molecule has 0 atom stereocenters. The fourth-order valence-electron chi connectivity index (χ4n) is 1.17. The Kier molecular flexibility index (Phi) is 4.24. The van der Waals surface area contributed by atoms with Gasteiger partial charge < -0.3 is 0 Å². The van der Waals surface area contributed by atoms with E-state index in [4.69, 9.17) is 5.84 Å². The highest BCUT2D eigenvalue weighted by molar-refractivity contribution is 7.98. The van der Waals surface area contributed by atoms with Crippen LogP contribution in [0, 0.1) is 6.92 Å². The first-order valence-electron chi connectivity index (χ1n) is 5.07. The van der Waals surface area contributed by atoms with Gasteiger partial charge in [0.25, 0.3) is 5.91 Å². The van der Waals surface area contributed by atoms with Crippen LogP contribution in [0.4, 0.5) is 0 Å². The number of carbonyl (C=O) groups excluding carboxylic acids is 1. The Morgan fingerprint density at radius 3 is 3.11 bits per heavy atom. The first kappa shape index (κ1) is 12.9. The summed E-state index contributed by atoms with van der Waals surface area (Å²) in [4.78, 5) is 23.8. The average molecular weight is 281 g/mol. The number of nitrogen functional groups attached to an aromatic ring is 1. The fraction of sp³-hybridized carbons (Fsp3) is 0.200. The molecule has 0 saturated heterocycles. The minimum atomic E-state index is -0.372. The van der Waals surface area contributed by atoms with Crippen molar-refractivity contribution in [1.29, 1.82) is 0 Å². The Bertz CT molecular complexity index is 557. The molecule has 0 aliphatic heterocycles. The Hall–Kier alpha value is -1.51. The molecule has 18 heavy (non-hydrogen) atoms. The molecule has 0 saturated carbocycles. The molecule has 8 heteroatoms. The lowest BCUT2D eigenvalue weighted by Crippen LogP contribution is -2.29. The van der Waals surface area contributed by atoms with Crippen LogP contribution in [-0.4, -0.2) is 20.9 Å². The van der Waals surface area contributed by atoms with Gasteiger partial charge in [0.15, 0.2) is 10.2 Å². The van der Waals surface area contributed by atoms with Crippen LogP contribution in [-0.2, 0) is 5.75 Å². The third kappa shape index (κ3) is 3.25. The van der Waals surface area contributed by atoms with Crippen LogP contribution >= 0.6 is 23.1 Å². The Balaban J connectivity index is 1.98. The van der Waals surface area contributed by atoms with Crippen molar-refractivity contribution in [2.45, 2.75) is 17.8 Å². The van der Waals surface area contributed by atoms with Gasteiger partial charge in [0.1, 0.15) is 0 Å². The van der Waals surface area contributed by atoms with Crippen molar-refractivity contribution in [2.24, 2.45) is 5.84 Å². The molecule has 0 aromatic carbocycles. The molecular weight excluding hydrogens is 270 g/mol. The lowest BCUT2D eigenvalue weighted by atomic mass is 10.5. The normalized spacial score (nSPS) is 10.3. The van der Waals surface area contributed by atoms with Crippen molar-refractivity contribution in [2.75, 3.05) is 0 Å². The highest BCUT2D eigenvalue weighted by Gasteiger charge is 2.10. The molecule has 3 N–H and O–H groups in total. The SMILES string of the molecule is Cc1ccnc(SCc2csc(C(=O)NN)n2)n1. The Morgan fingerprint density at radius 2 is 2.39 bits per heavy atom. The van der Waals surface area contributed by atoms with Crippen LogP contribution in [0.5, 0.6) is 0 Å². The number of aryl methyl sites for hydroxylation is 1. The molecule has 6 nitrogen and oxygen atoms in total. The first-order valence-corrected chi connectivity index (χ1v) is 6.93. The van der Waals surface area contributed by atoms with E-state index in [0.717, 1.165) is 11.4 Å². The molecule has 0 unspecified atom stereocenters. The number of hydrazine groups is 1. The highest BCUT2D eigenvalue weighted by atomic mass is 32.2. The highest BCUT2D eigenvalue weighted by Crippen LogP contribution is 2.20. The summed E-state index contributed by atoms with van der Waals surface area (Å²) in [5.74, 6) is 5.29. The molecule has 0 spiro atoms. The summed E-state index contributed by atoms with van der Waals surface area (Å²) in [6, 6.07) is 1.84. The third-order valence-electron chi connectivity index (χ3n) is 2.00. The zero-order valence-electron chi connectivity index (χ0n) is 9.58. The molecule has 1 amide bonds. The Morgan fingerprint density at radius 1 is 1.56 bits per heavy atom. The maximum atomic E-state index is 11.2. The molecular formula is C10H11N5OS2. The molecule has 2 heterocycles. The summed E-state index contributed by atoms with van der Waals surface area (Å²) in [5, 5.41) is 2.89. The average Bonchev–Trinajstić information content (AvgIpc) is 2.84. The number of thiazole rings is 1. The maximum Gasteiger partial charge on any atom is 0.294 e. The molecule has 2 aromatic rings. The molecule has 0 radical (unpaired) electrons. The van der Waals surface area contributed by atoms with Gasteiger partial charge in [-0.2, -0.15) is 0 Å². The van der Waals surface area contributed by atoms with Crippen molar-refractivity contribution in [3.8, 4) is 0 Å². The third-order valence-corrected chi connectivity index (χ3v) is 3.78. The Labute approximate surface area is 112 Å². The summed E-state index contributed by atoms with van der Waals surface area (Å²) in [7, 11) is 0. The van der Waals surface area contributed by atoms with Gasteiger partial charge in [-0.25, -0.2) is 20.8 Å². The number of nitrogens with one attached hydrogen (secondary N) is 1. The minimum Gasteiger partial charge on any atom is -0.288 e. The van der Waals surface area contributed by atoms with E-state index < -0.39 is 0 Å². The lowest BCUT2D eigenvalue weighted by Gasteiger charge is -1.98. The fourth-order valence-corrected chi connectivity index (χ4v) is 2.77. The summed E-state index contributed by atoms with van der Waals surface area (Å²) in [5.41, 5.74) is 3.79. The van der Waals surface area contributed by atoms with Gasteiger partial charge in [0.2, 0.25) is 0 Å². The van der Waals surface area contributed by atoms with Crippen molar-refractivity contribution >= 4 is 29.0 Å². The molecule has 2 aromatic heterocycles. The van der Waals surface area contributed by atoms with E-state index in [1.807, 2.05) is 18.4 Å². The number of thioether (sulfide) groups is 1. The number of rotatable bonds is 4. The van der Waals surface area contributed by atoms with Gasteiger partial charge >= 0.3 is 0 Å². The van der Waals surface area contributed by atoms with Crippen molar-refractivity contribution in [3.63, 3.8) is 0 Å². The second-order valence-electron chi connectivity index (χ2n) is 3.39. The first-order chi connectivity index (χ1) is 8.69. The van der Waals surface area contributed by atoms with Gasteiger partial charge in [-0.3, -0.25) is 10.2 Å². The second kappa shape index (κ2) is 5.89. The smallest absolute Gasteiger partial charge is 0.288 e. The van der Waals surface area contributed by atoms with E-state index in [2.05, 4.69) is 20.4 Å². The molecule has 0 aliphatic carbocycles. The molecule has 2 rings (SSSR count).